The predicted octanol–water partition coefficient (Wildman–Crippen LogP) is 2.49. The third-order valence-corrected chi connectivity index (χ3v) is 2.52. The lowest BCUT2D eigenvalue weighted by atomic mass is 10.1. The van der Waals surface area contributed by atoms with Crippen LogP contribution in [0.2, 0.25) is 0 Å². The van der Waals surface area contributed by atoms with Crippen LogP contribution in [0.4, 0.5) is 11.7 Å². The molecule has 2 aromatic rings. The summed E-state index contributed by atoms with van der Waals surface area (Å²) in [6, 6.07) is 6.59. The minimum Gasteiger partial charge on any atom is -0.432 e. The molecule has 0 fully saturated rings. The molecule has 4 nitrogen and oxygen atoms in total. The fourth-order valence-electron chi connectivity index (χ4n) is 1.40. The normalized spacial score (nSPS) is 10.4. The molecule has 0 saturated heterocycles. The standard InChI is InChI=1S/C12H15N3O/c1-8-3-4-10(5-9(8)2)14-12-15-11(6-13)7-16-12/h3-5,7H,6,13H2,1-2H3,(H,14,15). The number of nitrogens with one attached hydrogen (secondary N) is 1. The predicted molar refractivity (Wildman–Crippen MR) is 63.6 cm³/mol. The molecule has 1 aromatic carbocycles. The zero-order valence-corrected chi connectivity index (χ0v) is 9.45. The van der Waals surface area contributed by atoms with Crippen molar-refractivity contribution in [2.45, 2.75) is 20.4 Å². The minimum atomic E-state index is 0.387. The molecule has 0 saturated carbocycles. The second kappa shape index (κ2) is 4.37. The fourth-order valence-corrected chi connectivity index (χ4v) is 1.40. The van der Waals surface area contributed by atoms with Crippen LogP contribution < -0.4 is 11.1 Å². The van der Waals surface area contributed by atoms with Gasteiger partial charge in [-0.1, -0.05) is 6.07 Å². The molecule has 0 bridgehead atoms. The SMILES string of the molecule is Cc1ccc(Nc2nc(CN)co2)cc1C. The van der Waals surface area contributed by atoms with Gasteiger partial charge in [0.2, 0.25) is 0 Å². The van der Waals surface area contributed by atoms with Crippen LogP contribution in [0.5, 0.6) is 0 Å². The molecule has 0 aliphatic carbocycles. The highest BCUT2D eigenvalue weighted by Crippen LogP contribution is 2.18. The quantitative estimate of drug-likeness (QED) is 0.829. The van der Waals surface area contributed by atoms with E-state index in [2.05, 4.69) is 36.3 Å². The zero-order valence-electron chi connectivity index (χ0n) is 9.45. The summed E-state index contributed by atoms with van der Waals surface area (Å²) in [6.45, 7) is 4.54. The number of anilines is 2. The van der Waals surface area contributed by atoms with Gasteiger partial charge in [0.25, 0.3) is 6.01 Å². The molecular formula is C12H15N3O. The van der Waals surface area contributed by atoms with E-state index in [1.165, 1.54) is 11.1 Å². The molecule has 4 heteroatoms. The maximum absolute atomic E-state index is 5.45. The Kier molecular flexibility index (Phi) is 2.92. The number of benzene rings is 1. The molecule has 0 amide bonds. The number of hydrogen-bond acceptors (Lipinski definition) is 4. The van der Waals surface area contributed by atoms with Crippen molar-refractivity contribution in [2.75, 3.05) is 5.32 Å². The van der Waals surface area contributed by atoms with E-state index in [1.54, 1.807) is 6.26 Å². The highest BCUT2D eigenvalue weighted by atomic mass is 16.4. The molecule has 84 valence electrons. The number of aromatic nitrogens is 1. The Hall–Kier alpha value is -1.81. The van der Waals surface area contributed by atoms with Gasteiger partial charge in [-0.3, -0.25) is 0 Å². The molecular weight excluding hydrogens is 202 g/mol. The van der Waals surface area contributed by atoms with Crippen molar-refractivity contribution in [3.05, 3.63) is 41.3 Å². The monoisotopic (exact) mass is 217 g/mol. The lowest BCUT2D eigenvalue weighted by Crippen LogP contribution is -1.97. The Morgan fingerprint density at radius 2 is 2.12 bits per heavy atom. The smallest absolute Gasteiger partial charge is 0.299 e. The van der Waals surface area contributed by atoms with Crippen LogP contribution in [0.1, 0.15) is 16.8 Å². The van der Waals surface area contributed by atoms with E-state index in [0.29, 0.717) is 12.6 Å². The van der Waals surface area contributed by atoms with Crippen LogP contribution in [0.25, 0.3) is 0 Å². The number of hydrogen-bond donors (Lipinski definition) is 2. The van der Waals surface area contributed by atoms with Crippen molar-refractivity contribution >= 4 is 11.7 Å². The number of nitrogens with zero attached hydrogens (tertiary/aromatic N) is 1. The first-order valence-corrected chi connectivity index (χ1v) is 5.18. The average molecular weight is 217 g/mol. The van der Waals surface area contributed by atoms with Gasteiger partial charge < -0.3 is 15.5 Å². The van der Waals surface area contributed by atoms with Gasteiger partial charge in [-0.25, -0.2) is 0 Å². The van der Waals surface area contributed by atoms with Gasteiger partial charge in [0.05, 0.1) is 5.69 Å². The molecule has 2 rings (SSSR count). The topological polar surface area (TPSA) is 64.1 Å². The molecule has 0 atom stereocenters. The molecule has 1 aromatic heterocycles. The fraction of sp³-hybridized carbons (Fsp3) is 0.250. The second-order valence-electron chi connectivity index (χ2n) is 3.77. The summed E-state index contributed by atoms with van der Waals surface area (Å²) in [6.07, 6.45) is 1.56. The Balaban J connectivity index is 2.17. The second-order valence-corrected chi connectivity index (χ2v) is 3.77. The Labute approximate surface area is 94.5 Å². The largest absolute Gasteiger partial charge is 0.432 e. The van der Waals surface area contributed by atoms with E-state index < -0.39 is 0 Å². The maximum atomic E-state index is 5.45. The van der Waals surface area contributed by atoms with Gasteiger partial charge in [0, 0.05) is 12.2 Å². The number of nitrogens with two attached hydrogens (primary N) is 1. The van der Waals surface area contributed by atoms with Crippen molar-refractivity contribution < 1.29 is 4.42 Å². The highest BCUT2D eigenvalue weighted by molar-refractivity contribution is 5.54. The Morgan fingerprint density at radius 1 is 1.31 bits per heavy atom. The Bertz CT molecular complexity index is 491. The van der Waals surface area contributed by atoms with Crippen LogP contribution in [-0.4, -0.2) is 4.98 Å². The van der Waals surface area contributed by atoms with Crippen molar-refractivity contribution in [3.63, 3.8) is 0 Å². The number of oxazole rings is 1. The van der Waals surface area contributed by atoms with E-state index >= 15 is 0 Å². The summed E-state index contributed by atoms with van der Waals surface area (Å²) >= 11 is 0. The molecule has 0 radical (unpaired) electrons. The van der Waals surface area contributed by atoms with E-state index in [9.17, 15) is 0 Å². The summed E-state index contributed by atoms with van der Waals surface area (Å²) < 4.78 is 5.23. The summed E-state index contributed by atoms with van der Waals surface area (Å²) in [5.41, 5.74) is 9.65. The molecule has 3 N–H and O–H groups in total. The minimum absolute atomic E-state index is 0.387. The molecule has 16 heavy (non-hydrogen) atoms. The van der Waals surface area contributed by atoms with Crippen molar-refractivity contribution in [2.24, 2.45) is 5.73 Å². The first-order chi connectivity index (χ1) is 7.69. The molecule has 0 aliphatic rings. The molecule has 0 spiro atoms. The lowest BCUT2D eigenvalue weighted by Gasteiger charge is -2.04. The van der Waals surface area contributed by atoms with Gasteiger partial charge in [0.1, 0.15) is 6.26 Å². The van der Waals surface area contributed by atoms with Crippen LogP contribution >= 0.6 is 0 Å². The van der Waals surface area contributed by atoms with E-state index in [1.807, 2.05) is 6.07 Å². The van der Waals surface area contributed by atoms with E-state index in [0.717, 1.165) is 11.4 Å². The zero-order chi connectivity index (χ0) is 11.5. The van der Waals surface area contributed by atoms with Crippen LogP contribution in [0.15, 0.2) is 28.9 Å². The van der Waals surface area contributed by atoms with Gasteiger partial charge in [-0.05, 0) is 37.1 Å². The third-order valence-electron chi connectivity index (χ3n) is 2.52. The summed E-state index contributed by atoms with van der Waals surface area (Å²) in [5, 5.41) is 3.09. The highest BCUT2D eigenvalue weighted by Gasteiger charge is 2.03. The van der Waals surface area contributed by atoms with Gasteiger partial charge in [-0.2, -0.15) is 4.98 Å². The van der Waals surface area contributed by atoms with Crippen molar-refractivity contribution in [3.8, 4) is 0 Å². The van der Waals surface area contributed by atoms with Crippen molar-refractivity contribution in [1.82, 2.24) is 4.98 Å². The van der Waals surface area contributed by atoms with E-state index in [4.69, 9.17) is 10.2 Å². The van der Waals surface area contributed by atoms with Gasteiger partial charge in [-0.15, -0.1) is 0 Å². The van der Waals surface area contributed by atoms with Gasteiger partial charge >= 0.3 is 0 Å². The van der Waals surface area contributed by atoms with Gasteiger partial charge in [0.15, 0.2) is 0 Å². The first-order valence-electron chi connectivity index (χ1n) is 5.18. The number of rotatable bonds is 3. The average Bonchev–Trinajstić information content (AvgIpc) is 2.71. The van der Waals surface area contributed by atoms with Crippen molar-refractivity contribution in [1.29, 1.82) is 0 Å². The first kappa shape index (κ1) is 10.7. The summed E-state index contributed by atoms with van der Waals surface area (Å²) in [5.74, 6) is 0. The van der Waals surface area contributed by atoms with Crippen LogP contribution in [0, 0.1) is 13.8 Å². The maximum Gasteiger partial charge on any atom is 0.299 e. The molecule has 0 aliphatic heterocycles. The number of aryl methyl sites for hydroxylation is 2. The van der Waals surface area contributed by atoms with Crippen LogP contribution in [-0.2, 0) is 6.54 Å². The van der Waals surface area contributed by atoms with Crippen LogP contribution in [0.3, 0.4) is 0 Å². The molecule has 0 unspecified atom stereocenters. The third kappa shape index (κ3) is 2.23. The Morgan fingerprint density at radius 3 is 2.75 bits per heavy atom. The van der Waals surface area contributed by atoms with E-state index in [-0.39, 0.29) is 0 Å². The summed E-state index contributed by atoms with van der Waals surface area (Å²) in [7, 11) is 0. The summed E-state index contributed by atoms with van der Waals surface area (Å²) in [4.78, 5) is 4.17. The lowest BCUT2D eigenvalue weighted by molar-refractivity contribution is 0.576. The molecule has 1 heterocycles.